The van der Waals surface area contributed by atoms with Crippen molar-refractivity contribution < 1.29 is 9.53 Å². The second-order valence-corrected chi connectivity index (χ2v) is 10.4. The van der Waals surface area contributed by atoms with Crippen molar-refractivity contribution in [3.05, 3.63) is 58.9 Å². The minimum absolute atomic E-state index is 0.0154. The van der Waals surface area contributed by atoms with Crippen molar-refractivity contribution in [3.63, 3.8) is 0 Å². The van der Waals surface area contributed by atoms with Gasteiger partial charge in [-0.05, 0) is 60.1 Å². The van der Waals surface area contributed by atoms with E-state index < -0.39 is 0 Å². The molecule has 0 fully saturated rings. The topological polar surface area (TPSA) is 81.9 Å². The largest absolute Gasteiger partial charge is 0.383 e. The normalized spacial score (nSPS) is 11.6. The van der Waals surface area contributed by atoms with Crippen LogP contribution < -0.4 is 5.32 Å². The molecule has 182 valence electrons. The van der Waals surface area contributed by atoms with Crippen LogP contribution in [0.2, 0.25) is 0 Å². The Kier molecular flexibility index (Phi) is 8.85. The Hall–Kier alpha value is -2.71. The number of amides is 1. The summed E-state index contributed by atoms with van der Waals surface area (Å²) in [5.74, 6) is 1.01. The Balaban J connectivity index is 1.58. The van der Waals surface area contributed by atoms with Crippen LogP contribution >= 0.6 is 11.8 Å². The molecule has 2 aromatic heterocycles. The van der Waals surface area contributed by atoms with Gasteiger partial charge in [0.05, 0.1) is 18.9 Å². The highest BCUT2D eigenvalue weighted by atomic mass is 32.2. The molecule has 1 aromatic carbocycles. The molecule has 0 aliphatic rings. The van der Waals surface area contributed by atoms with Crippen molar-refractivity contribution in [1.82, 2.24) is 25.1 Å². The lowest BCUT2D eigenvalue weighted by Gasteiger charge is -2.22. The number of thioether (sulfide) groups is 1. The highest BCUT2D eigenvalue weighted by Crippen LogP contribution is 2.27. The fourth-order valence-corrected chi connectivity index (χ4v) is 4.62. The molecule has 1 amide bonds. The minimum Gasteiger partial charge on any atom is -0.383 e. The Morgan fingerprint density at radius 1 is 1.12 bits per heavy atom. The number of aryl methyl sites for hydroxylation is 2. The summed E-state index contributed by atoms with van der Waals surface area (Å²) in [6, 6.07) is 8.33. The monoisotopic (exact) mass is 481 g/mol. The van der Waals surface area contributed by atoms with Crippen LogP contribution in [0.15, 0.2) is 41.8 Å². The van der Waals surface area contributed by atoms with Gasteiger partial charge in [0.2, 0.25) is 5.91 Å². The molecule has 7 nitrogen and oxygen atoms in total. The van der Waals surface area contributed by atoms with Gasteiger partial charge in [0.25, 0.3) is 0 Å². The molecule has 0 aliphatic carbocycles. The zero-order chi connectivity index (χ0) is 24.7. The van der Waals surface area contributed by atoms with E-state index in [0.29, 0.717) is 24.9 Å². The molecular weight excluding hydrogens is 446 g/mol. The lowest BCUT2D eigenvalue weighted by molar-refractivity contribution is -0.118. The van der Waals surface area contributed by atoms with E-state index in [0.717, 1.165) is 17.8 Å². The first-order valence-electron chi connectivity index (χ1n) is 11.5. The average molecular weight is 482 g/mol. The molecule has 2 heterocycles. The summed E-state index contributed by atoms with van der Waals surface area (Å²) >= 11 is 1.38. The fraction of sp³-hybridized carbons (Fsp3) is 0.462. The van der Waals surface area contributed by atoms with E-state index in [-0.39, 0.29) is 17.1 Å². The smallest absolute Gasteiger partial charge is 0.230 e. The van der Waals surface area contributed by atoms with Gasteiger partial charge in [-0.15, -0.1) is 10.2 Å². The van der Waals surface area contributed by atoms with Gasteiger partial charge in [-0.25, -0.2) is 0 Å². The lowest BCUT2D eigenvalue weighted by Crippen LogP contribution is -2.28. The van der Waals surface area contributed by atoms with Crippen LogP contribution in [0, 0.1) is 13.8 Å². The first-order chi connectivity index (χ1) is 16.2. The van der Waals surface area contributed by atoms with Crippen LogP contribution in [-0.4, -0.2) is 51.7 Å². The third kappa shape index (κ3) is 6.67. The number of carbonyl (C=O) groups excluding carboxylic acids is 1. The quantitative estimate of drug-likeness (QED) is 0.434. The standard InChI is InChI=1S/C26H35N5O2S/c1-18-15-21(26(3,4)5)16-19(2)22(18)9-12-28-23(32)17-34-25-30-29-24(31(25)13-14-33-6)20-7-10-27-11-8-20/h7-8,10-11,15-16H,9,12-14,17H2,1-6H3,(H,28,32). The van der Waals surface area contributed by atoms with Crippen LogP contribution in [0.1, 0.15) is 43.0 Å². The van der Waals surface area contributed by atoms with Crippen LogP contribution in [0.3, 0.4) is 0 Å². The second-order valence-electron chi connectivity index (χ2n) is 9.41. The van der Waals surface area contributed by atoms with Gasteiger partial charge in [0.15, 0.2) is 11.0 Å². The van der Waals surface area contributed by atoms with Gasteiger partial charge < -0.3 is 10.1 Å². The molecule has 34 heavy (non-hydrogen) atoms. The molecule has 3 rings (SSSR count). The van der Waals surface area contributed by atoms with Gasteiger partial charge in [-0.2, -0.15) is 0 Å². The maximum atomic E-state index is 12.5. The molecule has 0 atom stereocenters. The Morgan fingerprint density at radius 2 is 1.79 bits per heavy atom. The van der Waals surface area contributed by atoms with E-state index >= 15 is 0 Å². The summed E-state index contributed by atoms with van der Waals surface area (Å²) in [6.45, 7) is 12.7. The van der Waals surface area contributed by atoms with Gasteiger partial charge in [-0.1, -0.05) is 44.7 Å². The lowest BCUT2D eigenvalue weighted by atomic mass is 9.83. The van der Waals surface area contributed by atoms with E-state index in [2.05, 4.69) is 67.2 Å². The van der Waals surface area contributed by atoms with Crippen molar-refractivity contribution in [2.45, 2.75) is 58.2 Å². The maximum absolute atomic E-state index is 12.5. The molecule has 1 N–H and O–H groups in total. The number of hydrogen-bond acceptors (Lipinski definition) is 6. The van der Waals surface area contributed by atoms with Crippen molar-refractivity contribution in [2.24, 2.45) is 0 Å². The minimum atomic E-state index is -0.0154. The Bertz CT molecular complexity index is 1080. The van der Waals surface area contributed by atoms with Crippen LogP contribution in [0.5, 0.6) is 0 Å². The van der Waals surface area contributed by atoms with Crippen LogP contribution in [0.4, 0.5) is 0 Å². The van der Waals surface area contributed by atoms with E-state index in [1.165, 1.54) is 34.0 Å². The molecule has 0 bridgehead atoms. The summed E-state index contributed by atoms with van der Waals surface area (Å²) in [7, 11) is 1.66. The summed E-state index contributed by atoms with van der Waals surface area (Å²) < 4.78 is 7.24. The zero-order valence-electron chi connectivity index (χ0n) is 21.0. The van der Waals surface area contributed by atoms with Gasteiger partial charge in [0.1, 0.15) is 0 Å². The van der Waals surface area contributed by atoms with E-state index in [4.69, 9.17) is 4.74 Å². The molecule has 0 saturated carbocycles. The number of hydrogen-bond donors (Lipinski definition) is 1. The third-order valence-corrected chi connectivity index (χ3v) is 6.73. The number of rotatable bonds is 10. The van der Waals surface area contributed by atoms with E-state index in [1.54, 1.807) is 19.5 Å². The van der Waals surface area contributed by atoms with Gasteiger partial charge >= 0.3 is 0 Å². The maximum Gasteiger partial charge on any atom is 0.230 e. The molecule has 0 spiro atoms. The SMILES string of the molecule is COCCn1c(SCC(=O)NCCc2c(C)cc(C(C)(C)C)cc2C)nnc1-c1ccncc1. The molecule has 0 aliphatic heterocycles. The number of carbonyl (C=O) groups is 1. The predicted molar refractivity (Wildman–Crippen MR) is 137 cm³/mol. The van der Waals surface area contributed by atoms with Gasteiger partial charge in [0, 0.05) is 31.6 Å². The molecule has 0 radical (unpaired) electrons. The molecule has 8 heteroatoms. The summed E-state index contributed by atoms with van der Waals surface area (Å²) in [5.41, 5.74) is 6.27. The highest BCUT2D eigenvalue weighted by molar-refractivity contribution is 7.99. The molecule has 3 aromatic rings. The van der Waals surface area contributed by atoms with E-state index in [1.807, 2.05) is 16.7 Å². The first-order valence-corrected chi connectivity index (χ1v) is 12.5. The first kappa shape index (κ1) is 25.9. The van der Waals surface area contributed by atoms with Gasteiger partial charge in [-0.3, -0.25) is 14.3 Å². The number of ether oxygens (including phenoxy) is 1. The van der Waals surface area contributed by atoms with Crippen molar-refractivity contribution in [3.8, 4) is 11.4 Å². The number of benzene rings is 1. The molecule has 0 unspecified atom stereocenters. The number of aromatic nitrogens is 4. The van der Waals surface area contributed by atoms with Crippen LogP contribution in [-0.2, 0) is 27.9 Å². The fourth-order valence-electron chi connectivity index (χ4n) is 3.82. The number of methoxy groups -OCH3 is 1. The Morgan fingerprint density at radius 3 is 2.41 bits per heavy atom. The van der Waals surface area contributed by atoms with Crippen molar-refractivity contribution >= 4 is 17.7 Å². The highest BCUT2D eigenvalue weighted by Gasteiger charge is 2.17. The summed E-state index contributed by atoms with van der Waals surface area (Å²) in [5, 5.41) is 12.4. The average Bonchev–Trinajstić information content (AvgIpc) is 3.20. The molecular formula is C26H35N5O2S. The zero-order valence-corrected chi connectivity index (χ0v) is 21.8. The second kappa shape index (κ2) is 11.6. The van der Waals surface area contributed by atoms with E-state index in [9.17, 15) is 4.79 Å². The van der Waals surface area contributed by atoms with Crippen LogP contribution in [0.25, 0.3) is 11.4 Å². The number of nitrogens with one attached hydrogen (secondary N) is 1. The third-order valence-electron chi connectivity index (χ3n) is 5.77. The predicted octanol–water partition coefficient (Wildman–Crippen LogP) is 4.35. The number of nitrogens with zero attached hydrogens (tertiary/aromatic N) is 4. The summed E-state index contributed by atoms with van der Waals surface area (Å²) in [6.07, 6.45) is 4.27. The summed E-state index contributed by atoms with van der Waals surface area (Å²) in [4.78, 5) is 16.6. The Labute approximate surface area is 206 Å². The van der Waals surface area contributed by atoms with Crippen molar-refractivity contribution in [2.75, 3.05) is 26.0 Å². The number of pyridine rings is 1. The van der Waals surface area contributed by atoms with Crippen molar-refractivity contribution in [1.29, 1.82) is 0 Å². The molecule has 0 saturated heterocycles.